The van der Waals surface area contributed by atoms with E-state index in [9.17, 15) is 0 Å². The first-order chi connectivity index (χ1) is 8.65. The van der Waals surface area contributed by atoms with Crippen LogP contribution in [-0.2, 0) is 6.42 Å². The summed E-state index contributed by atoms with van der Waals surface area (Å²) in [5.41, 5.74) is 1.33. The average molecular weight is 251 g/mol. The van der Waals surface area contributed by atoms with Crippen LogP contribution in [0.1, 0.15) is 32.3 Å². The second-order valence-corrected chi connectivity index (χ2v) is 4.87. The molecular formula is C15H25NO2. The first-order valence-electron chi connectivity index (χ1n) is 6.65. The van der Waals surface area contributed by atoms with Gasteiger partial charge in [-0.15, -0.1) is 0 Å². The third-order valence-corrected chi connectivity index (χ3v) is 3.16. The maximum absolute atomic E-state index is 8.85. The van der Waals surface area contributed by atoms with Crippen molar-refractivity contribution in [1.82, 2.24) is 5.32 Å². The molecule has 0 radical (unpaired) electrons. The molecule has 0 aromatic heterocycles. The summed E-state index contributed by atoms with van der Waals surface area (Å²) in [7, 11) is 1.68. The fraction of sp³-hybridized carbons (Fsp3) is 0.600. The van der Waals surface area contributed by atoms with Gasteiger partial charge in [0, 0.05) is 18.7 Å². The Bertz CT molecular complexity index is 324. The van der Waals surface area contributed by atoms with Crippen molar-refractivity contribution in [2.24, 2.45) is 0 Å². The van der Waals surface area contributed by atoms with Crippen LogP contribution in [0.4, 0.5) is 0 Å². The number of aliphatic hydroxyl groups is 1. The number of nitrogens with one attached hydrogen (secondary N) is 1. The fourth-order valence-electron chi connectivity index (χ4n) is 2.02. The number of aliphatic hydroxyl groups excluding tert-OH is 1. The summed E-state index contributed by atoms with van der Waals surface area (Å²) in [6.07, 6.45) is 2.97. The number of aryl methyl sites for hydroxylation is 1. The van der Waals surface area contributed by atoms with Crippen molar-refractivity contribution in [3.8, 4) is 5.75 Å². The fourth-order valence-corrected chi connectivity index (χ4v) is 2.02. The SMILES string of the molecule is COc1ccc(CCC(C)N[C@H](C)CCO)cc1. The van der Waals surface area contributed by atoms with Gasteiger partial charge in [-0.25, -0.2) is 0 Å². The van der Waals surface area contributed by atoms with Gasteiger partial charge in [-0.3, -0.25) is 0 Å². The molecule has 0 saturated carbocycles. The topological polar surface area (TPSA) is 41.5 Å². The molecule has 0 aliphatic rings. The number of hydrogen-bond donors (Lipinski definition) is 2. The Morgan fingerprint density at radius 3 is 2.28 bits per heavy atom. The van der Waals surface area contributed by atoms with E-state index in [1.807, 2.05) is 12.1 Å². The van der Waals surface area contributed by atoms with Crippen LogP contribution in [0.2, 0.25) is 0 Å². The minimum Gasteiger partial charge on any atom is -0.497 e. The van der Waals surface area contributed by atoms with Crippen molar-refractivity contribution in [2.75, 3.05) is 13.7 Å². The van der Waals surface area contributed by atoms with Gasteiger partial charge < -0.3 is 15.2 Å². The maximum atomic E-state index is 8.85. The van der Waals surface area contributed by atoms with Gasteiger partial charge >= 0.3 is 0 Å². The molecule has 0 heterocycles. The highest BCUT2D eigenvalue weighted by Gasteiger charge is 2.07. The van der Waals surface area contributed by atoms with Gasteiger partial charge in [0.15, 0.2) is 0 Å². The van der Waals surface area contributed by atoms with Gasteiger partial charge in [-0.2, -0.15) is 0 Å². The molecule has 1 aromatic rings. The molecule has 0 saturated heterocycles. The molecule has 0 aliphatic carbocycles. The van der Waals surface area contributed by atoms with E-state index in [0.29, 0.717) is 12.1 Å². The molecule has 2 atom stereocenters. The summed E-state index contributed by atoms with van der Waals surface area (Å²) >= 11 is 0. The van der Waals surface area contributed by atoms with Crippen molar-refractivity contribution in [3.63, 3.8) is 0 Å². The molecule has 0 bridgehead atoms. The summed E-state index contributed by atoms with van der Waals surface area (Å²) in [5, 5.41) is 12.3. The number of hydrogen-bond acceptors (Lipinski definition) is 3. The minimum absolute atomic E-state index is 0.249. The van der Waals surface area contributed by atoms with E-state index >= 15 is 0 Å². The van der Waals surface area contributed by atoms with Crippen molar-refractivity contribution < 1.29 is 9.84 Å². The molecule has 0 fully saturated rings. The van der Waals surface area contributed by atoms with E-state index in [0.717, 1.165) is 25.0 Å². The van der Waals surface area contributed by atoms with Gasteiger partial charge in [0.25, 0.3) is 0 Å². The third-order valence-electron chi connectivity index (χ3n) is 3.16. The molecule has 102 valence electrons. The Hall–Kier alpha value is -1.06. The summed E-state index contributed by atoms with van der Waals surface area (Å²) < 4.78 is 5.14. The van der Waals surface area contributed by atoms with Crippen molar-refractivity contribution in [3.05, 3.63) is 29.8 Å². The highest BCUT2D eigenvalue weighted by molar-refractivity contribution is 5.27. The molecule has 18 heavy (non-hydrogen) atoms. The summed E-state index contributed by atoms with van der Waals surface area (Å²) in [6.45, 7) is 4.55. The second-order valence-electron chi connectivity index (χ2n) is 4.87. The predicted octanol–water partition coefficient (Wildman–Crippen LogP) is 2.38. The Labute approximate surface area is 110 Å². The zero-order chi connectivity index (χ0) is 13.4. The molecule has 0 spiro atoms. The Morgan fingerprint density at radius 1 is 1.11 bits per heavy atom. The number of benzene rings is 1. The van der Waals surface area contributed by atoms with Gasteiger partial charge in [0.05, 0.1) is 7.11 Å². The highest BCUT2D eigenvalue weighted by atomic mass is 16.5. The quantitative estimate of drug-likeness (QED) is 0.745. The van der Waals surface area contributed by atoms with Crippen molar-refractivity contribution in [2.45, 2.75) is 45.2 Å². The zero-order valence-corrected chi connectivity index (χ0v) is 11.6. The van der Waals surface area contributed by atoms with Crippen molar-refractivity contribution >= 4 is 0 Å². The van der Waals surface area contributed by atoms with E-state index < -0.39 is 0 Å². The Morgan fingerprint density at radius 2 is 1.72 bits per heavy atom. The molecule has 0 amide bonds. The molecule has 0 aliphatic heterocycles. The molecule has 3 heteroatoms. The van der Waals surface area contributed by atoms with Crippen LogP contribution in [0.25, 0.3) is 0 Å². The third kappa shape index (κ3) is 5.52. The van der Waals surface area contributed by atoms with E-state index in [1.165, 1.54) is 5.56 Å². The van der Waals surface area contributed by atoms with E-state index in [-0.39, 0.29) is 6.61 Å². The molecule has 1 aromatic carbocycles. The lowest BCUT2D eigenvalue weighted by molar-refractivity contribution is 0.263. The summed E-state index contributed by atoms with van der Waals surface area (Å²) in [6, 6.07) is 9.07. The standard InChI is InChI=1S/C15H25NO2/c1-12(16-13(2)10-11-17)4-5-14-6-8-15(18-3)9-7-14/h6-9,12-13,16-17H,4-5,10-11H2,1-3H3/t12?,13-/m1/s1. The van der Waals surface area contributed by atoms with Gasteiger partial charge in [0.2, 0.25) is 0 Å². The lowest BCUT2D eigenvalue weighted by atomic mass is 10.1. The van der Waals surface area contributed by atoms with Crippen LogP contribution in [-0.4, -0.2) is 30.9 Å². The lowest BCUT2D eigenvalue weighted by Gasteiger charge is -2.19. The van der Waals surface area contributed by atoms with Gasteiger partial charge in [0.1, 0.15) is 5.75 Å². The van der Waals surface area contributed by atoms with Crippen LogP contribution < -0.4 is 10.1 Å². The maximum Gasteiger partial charge on any atom is 0.118 e. The van der Waals surface area contributed by atoms with E-state index in [1.54, 1.807) is 7.11 Å². The average Bonchev–Trinajstić information content (AvgIpc) is 2.37. The first kappa shape index (κ1) is 15.0. The Kier molecular flexibility index (Phi) is 6.76. The van der Waals surface area contributed by atoms with Crippen LogP contribution >= 0.6 is 0 Å². The molecule has 1 rings (SSSR count). The van der Waals surface area contributed by atoms with E-state index in [4.69, 9.17) is 9.84 Å². The highest BCUT2D eigenvalue weighted by Crippen LogP contribution is 2.13. The summed E-state index contributed by atoms with van der Waals surface area (Å²) in [4.78, 5) is 0. The van der Waals surface area contributed by atoms with Crippen LogP contribution in [0, 0.1) is 0 Å². The molecule has 1 unspecified atom stereocenters. The van der Waals surface area contributed by atoms with Gasteiger partial charge in [-0.1, -0.05) is 12.1 Å². The largest absolute Gasteiger partial charge is 0.497 e. The van der Waals surface area contributed by atoms with Crippen LogP contribution in [0.3, 0.4) is 0 Å². The number of ether oxygens (including phenoxy) is 1. The van der Waals surface area contributed by atoms with Gasteiger partial charge in [-0.05, 0) is 50.8 Å². The van der Waals surface area contributed by atoms with Crippen LogP contribution in [0.15, 0.2) is 24.3 Å². The molecule has 2 N–H and O–H groups in total. The second kappa shape index (κ2) is 8.11. The molecular weight excluding hydrogens is 226 g/mol. The molecule has 3 nitrogen and oxygen atoms in total. The monoisotopic (exact) mass is 251 g/mol. The number of rotatable bonds is 8. The zero-order valence-electron chi connectivity index (χ0n) is 11.6. The van der Waals surface area contributed by atoms with E-state index in [2.05, 4.69) is 31.3 Å². The lowest BCUT2D eigenvalue weighted by Crippen LogP contribution is -2.35. The smallest absolute Gasteiger partial charge is 0.118 e. The first-order valence-corrected chi connectivity index (χ1v) is 6.65. The van der Waals surface area contributed by atoms with Crippen molar-refractivity contribution in [1.29, 1.82) is 0 Å². The predicted molar refractivity (Wildman–Crippen MR) is 75.1 cm³/mol. The van der Waals surface area contributed by atoms with Crippen LogP contribution in [0.5, 0.6) is 5.75 Å². The Balaban J connectivity index is 2.30. The normalized spacial score (nSPS) is 14.2. The summed E-state index contributed by atoms with van der Waals surface area (Å²) in [5.74, 6) is 0.904. The number of methoxy groups -OCH3 is 1. The minimum atomic E-state index is 0.249.